The van der Waals surface area contributed by atoms with Crippen LogP contribution in [-0.4, -0.2) is 48.0 Å². The first-order chi connectivity index (χ1) is 12.3. The van der Waals surface area contributed by atoms with E-state index in [4.69, 9.17) is 4.74 Å². The number of fused-ring (bicyclic) bond motifs is 2. The second-order valence-corrected chi connectivity index (χ2v) is 6.50. The Balaban J connectivity index is 1.76. The summed E-state index contributed by atoms with van der Waals surface area (Å²) >= 11 is 0. The number of carbonyl (C=O) groups excluding carboxylic acids is 4. The van der Waals surface area contributed by atoms with Gasteiger partial charge in [-0.3, -0.25) is 19.8 Å². The lowest BCUT2D eigenvalue weighted by molar-refractivity contribution is -0.135. The molecule has 0 bridgehead atoms. The number of para-hydroxylation sites is 1. The van der Waals surface area contributed by atoms with Crippen molar-refractivity contribution >= 4 is 23.9 Å². The van der Waals surface area contributed by atoms with Crippen LogP contribution in [0.4, 0.5) is 9.59 Å². The Labute approximate surface area is 150 Å². The normalized spacial score (nSPS) is 21.3. The van der Waals surface area contributed by atoms with Crippen LogP contribution in [0.3, 0.4) is 0 Å². The summed E-state index contributed by atoms with van der Waals surface area (Å²) in [6, 6.07) is 5.46. The molecule has 6 amide bonds. The molecule has 2 heterocycles. The average molecular weight is 360 g/mol. The lowest BCUT2D eigenvalue weighted by Crippen LogP contribution is -2.49. The smallest absolute Gasteiger partial charge is 0.325 e. The molecule has 0 radical (unpaired) electrons. The summed E-state index contributed by atoms with van der Waals surface area (Å²) in [5.74, 6) is -0.753. The van der Waals surface area contributed by atoms with E-state index in [0.717, 1.165) is 4.90 Å². The number of ether oxygens (including phenoxy) is 1. The van der Waals surface area contributed by atoms with Crippen LogP contribution in [0.5, 0.6) is 5.75 Å². The topological polar surface area (TPSA) is 117 Å². The first kappa shape index (κ1) is 17.7. The fourth-order valence-corrected chi connectivity index (χ4v) is 3.12. The van der Waals surface area contributed by atoms with Crippen LogP contribution in [0.25, 0.3) is 0 Å². The number of amides is 6. The summed E-state index contributed by atoms with van der Waals surface area (Å²) < 4.78 is 5.55. The van der Waals surface area contributed by atoms with Crippen molar-refractivity contribution in [2.45, 2.75) is 31.8 Å². The van der Waals surface area contributed by atoms with E-state index in [1.165, 1.54) is 0 Å². The Morgan fingerprint density at radius 1 is 1.31 bits per heavy atom. The fraction of sp³-hybridized carbons (Fsp3) is 0.412. The van der Waals surface area contributed by atoms with Gasteiger partial charge in [0.15, 0.2) is 5.54 Å². The van der Waals surface area contributed by atoms with Crippen molar-refractivity contribution in [2.75, 3.05) is 13.2 Å². The third kappa shape index (κ3) is 3.07. The van der Waals surface area contributed by atoms with Crippen LogP contribution in [0.15, 0.2) is 24.3 Å². The van der Waals surface area contributed by atoms with Crippen LogP contribution < -0.4 is 20.7 Å². The van der Waals surface area contributed by atoms with Gasteiger partial charge in [-0.15, -0.1) is 0 Å². The van der Waals surface area contributed by atoms with E-state index in [2.05, 4.69) is 16.0 Å². The maximum atomic E-state index is 13.0. The van der Waals surface area contributed by atoms with Gasteiger partial charge in [-0.05, 0) is 19.9 Å². The minimum Gasteiger partial charge on any atom is -0.493 e. The van der Waals surface area contributed by atoms with Crippen molar-refractivity contribution in [3.63, 3.8) is 0 Å². The Morgan fingerprint density at radius 2 is 2.04 bits per heavy atom. The molecule has 1 aromatic rings. The SMILES string of the molecule is CC(C)NC(=O)NC(=O)CN1C(=O)NC2(CCOc3ccccc32)C1=O. The van der Waals surface area contributed by atoms with Gasteiger partial charge < -0.3 is 15.4 Å². The number of imide groups is 2. The van der Waals surface area contributed by atoms with Crippen molar-refractivity contribution in [2.24, 2.45) is 0 Å². The van der Waals surface area contributed by atoms with Crippen molar-refractivity contribution < 1.29 is 23.9 Å². The van der Waals surface area contributed by atoms with Crippen LogP contribution in [0.1, 0.15) is 25.8 Å². The predicted molar refractivity (Wildman–Crippen MR) is 90.3 cm³/mol. The molecule has 3 rings (SSSR count). The average Bonchev–Trinajstić information content (AvgIpc) is 2.79. The molecule has 9 heteroatoms. The third-order valence-corrected chi connectivity index (χ3v) is 4.23. The van der Waals surface area contributed by atoms with Gasteiger partial charge in [0.1, 0.15) is 12.3 Å². The van der Waals surface area contributed by atoms with Crippen molar-refractivity contribution in [1.29, 1.82) is 0 Å². The number of hydrogen-bond acceptors (Lipinski definition) is 5. The summed E-state index contributed by atoms with van der Waals surface area (Å²) in [6.45, 7) is 3.21. The molecule has 1 spiro atoms. The van der Waals surface area contributed by atoms with Crippen molar-refractivity contribution in [1.82, 2.24) is 20.9 Å². The zero-order valence-corrected chi connectivity index (χ0v) is 14.5. The van der Waals surface area contributed by atoms with Crippen molar-refractivity contribution in [3.05, 3.63) is 29.8 Å². The maximum Gasteiger partial charge on any atom is 0.325 e. The van der Waals surface area contributed by atoms with E-state index in [0.29, 0.717) is 11.3 Å². The highest BCUT2D eigenvalue weighted by atomic mass is 16.5. The van der Waals surface area contributed by atoms with Crippen LogP contribution >= 0.6 is 0 Å². The minimum absolute atomic E-state index is 0.151. The molecule has 1 fully saturated rings. The zero-order chi connectivity index (χ0) is 18.9. The van der Waals surface area contributed by atoms with Crippen LogP contribution in [0.2, 0.25) is 0 Å². The lowest BCUT2D eigenvalue weighted by atomic mass is 9.84. The highest BCUT2D eigenvalue weighted by Gasteiger charge is 2.55. The van der Waals surface area contributed by atoms with Gasteiger partial charge in [0.25, 0.3) is 5.91 Å². The molecule has 1 atom stereocenters. The molecular weight excluding hydrogens is 340 g/mol. The van der Waals surface area contributed by atoms with Crippen LogP contribution in [-0.2, 0) is 15.1 Å². The Bertz CT molecular complexity index is 778. The largest absolute Gasteiger partial charge is 0.493 e. The molecular formula is C17H20N4O5. The summed E-state index contributed by atoms with van der Waals surface area (Å²) in [6.07, 6.45) is 0.264. The van der Waals surface area contributed by atoms with E-state index < -0.39 is 36.0 Å². The molecule has 2 aliphatic heterocycles. The fourth-order valence-electron chi connectivity index (χ4n) is 3.12. The first-order valence-corrected chi connectivity index (χ1v) is 8.30. The van der Waals surface area contributed by atoms with Gasteiger partial charge in [-0.25, -0.2) is 9.59 Å². The van der Waals surface area contributed by atoms with Crippen LogP contribution in [0, 0.1) is 0 Å². The number of urea groups is 2. The van der Waals surface area contributed by atoms with Gasteiger partial charge in [0, 0.05) is 18.0 Å². The molecule has 3 N–H and O–H groups in total. The van der Waals surface area contributed by atoms with E-state index >= 15 is 0 Å². The van der Waals surface area contributed by atoms with Gasteiger partial charge in [-0.2, -0.15) is 0 Å². The van der Waals surface area contributed by atoms with E-state index in [9.17, 15) is 19.2 Å². The maximum absolute atomic E-state index is 13.0. The molecule has 138 valence electrons. The van der Waals surface area contributed by atoms with E-state index in [1.54, 1.807) is 38.1 Å². The molecule has 26 heavy (non-hydrogen) atoms. The number of nitrogens with one attached hydrogen (secondary N) is 3. The number of nitrogens with zero attached hydrogens (tertiary/aromatic N) is 1. The molecule has 9 nitrogen and oxygen atoms in total. The number of hydrogen-bond donors (Lipinski definition) is 3. The zero-order valence-electron chi connectivity index (χ0n) is 14.5. The molecule has 1 unspecified atom stereocenters. The summed E-state index contributed by atoms with van der Waals surface area (Å²) in [5, 5.41) is 7.29. The Hall–Kier alpha value is -3.10. The molecule has 0 saturated carbocycles. The van der Waals surface area contributed by atoms with Gasteiger partial charge in [-0.1, -0.05) is 18.2 Å². The third-order valence-electron chi connectivity index (χ3n) is 4.23. The summed E-state index contributed by atoms with van der Waals surface area (Å²) in [7, 11) is 0. The summed E-state index contributed by atoms with van der Waals surface area (Å²) in [5.41, 5.74) is -0.683. The number of carbonyl (C=O) groups is 4. The Morgan fingerprint density at radius 3 is 2.77 bits per heavy atom. The number of rotatable bonds is 3. The van der Waals surface area contributed by atoms with Gasteiger partial charge >= 0.3 is 12.1 Å². The Kier molecular flexibility index (Phi) is 4.54. The highest BCUT2D eigenvalue weighted by molar-refractivity contribution is 6.10. The molecule has 0 aromatic heterocycles. The summed E-state index contributed by atoms with van der Waals surface area (Å²) in [4.78, 5) is 49.7. The first-order valence-electron chi connectivity index (χ1n) is 8.30. The second kappa shape index (κ2) is 6.66. The van der Waals surface area contributed by atoms with Crippen molar-refractivity contribution in [3.8, 4) is 5.75 Å². The van der Waals surface area contributed by atoms with Gasteiger partial charge in [0.2, 0.25) is 5.91 Å². The molecule has 0 aliphatic carbocycles. The van der Waals surface area contributed by atoms with E-state index in [1.807, 2.05) is 0 Å². The lowest BCUT2D eigenvalue weighted by Gasteiger charge is -2.33. The predicted octanol–water partition coefficient (Wildman–Crippen LogP) is 0.450. The highest BCUT2D eigenvalue weighted by Crippen LogP contribution is 2.40. The minimum atomic E-state index is -1.24. The quantitative estimate of drug-likeness (QED) is 0.677. The second-order valence-electron chi connectivity index (χ2n) is 6.50. The standard InChI is InChI=1S/C17H20N4O5/c1-10(2)18-15(24)19-13(22)9-21-14(23)17(20-16(21)25)7-8-26-12-6-4-3-5-11(12)17/h3-6,10H,7-9H2,1-2H3,(H,20,25)(H2,18,19,22,24). The molecule has 2 aliphatic rings. The van der Waals surface area contributed by atoms with E-state index in [-0.39, 0.29) is 19.1 Å². The number of benzene rings is 1. The molecule has 1 saturated heterocycles. The monoisotopic (exact) mass is 360 g/mol. The van der Waals surface area contributed by atoms with Gasteiger partial charge in [0.05, 0.1) is 6.61 Å². The molecule has 1 aromatic carbocycles.